The minimum Gasteiger partial charge on any atom is -0.350 e. The van der Waals surface area contributed by atoms with Crippen molar-refractivity contribution in [1.82, 2.24) is 20.1 Å². The van der Waals surface area contributed by atoms with Crippen molar-refractivity contribution in [2.24, 2.45) is 5.73 Å². The van der Waals surface area contributed by atoms with Crippen molar-refractivity contribution in [2.45, 2.75) is 39.7 Å². The van der Waals surface area contributed by atoms with Gasteiger partial charge in [-0.05, 0) is 49.1 Å². The Bertz CT molecular complexity index is 953. The molecule has 0 saturated heterocycles. The van der Waals surface area contributed by atoms with Gasteiger partial charge in [-0.25, -0.2) is 9.67 Å². The van der Waals surface area contributed by atoms with Crippen molar-refractivity contribution in [2.75, 3.05) is 6.54 Å². The first-order valence-corrected chi connectivity index (χ1v) is 9.48. The van der Waals surface area contributed by atoms with Crippen molar-refractivity contribution < 1.29 is 4.79 Å². The van der Waals surface area contributed by atoms with Crippen LogP contribution >= 0.6 is 24.8 Å². The van der Waals surface area contributed by atoms with Crippen molar-refractivity contribution in [3.63, 3.8) is 0 Å². The second kappa shape index (κ2) is 11.1. The number of hydrogen-bond acceptors (Lipinski definition) is 4. The van der Waals surface area contributed by atoms with Gasteiger partial charge in [-0.15, -0.1) is 24.8 Å². The Morgan fingerprint density at radius 1 is 1.07 bits per heavy atom. The summed E-state index contributed by atoms with van der Waals surface area (Å²) in [5.41, 5.74) is 10.9. The molecule has 0 radical (unpaired) electrons. The molecule has 0 fully saturated rings. The van der Waals surface area contributed by atoms with E-state index >= 15 is 0 Å². The molecule has 3 N–H and O–H groups in total. The number of nitrogens with one attached hydrogen (secondary N) is 1. The number of pyridine rings is 1. The van der Waals surface area contributed by atoms with Gasteiger partial charge in [-0.2, -0.15) is 5.10 Å². The number of hydrogen-bond donors (Lipinski definition) is 2. The lowest BCUT2D eigenvalue weighted by Crippen LogP contribution is -2.32. The zero-order chi connectivity index (χ0) is 20.3. The third-order valence-corrected chi connectivity index (χ3v) is 4.75. The molecule has 0 aliphatic heterocycles. The van der Waals surface area contributed by atoms with Crippen LogP contribution in [0, 0.1) is 13.8 Å². The summed E-state index contributed by atoms with van der Waals surface area (Å²) in [6.07, 6.45) is 1.56. The number of aromatic nitrogens is 3. The standard InChI is InChI=1S/C22H27N5O.2ClH/c1-14(2)17-5-7-18(8-6-17)20(23)13-25-22(28)19-9-10-21(24-12-19)27-16(4)11-15(3)26-27;;/h5-12,14,20H,13,23H2,1-4H3,(H,25,28);2*1H. The van der Waals surface area contributed by atoms with Crippen LogP contribution in [-0.4, -0.2) is 27.2 Å². The summed E-state index contributed by atoms with van der Waals surface area (Å²) in [7, 11) is 0. The number of aryl methyl sites for hydroxylation is 2. The van der Waals surface area contributed by atoms with Gasteiger partial charge in [0.15, 0.2) is 5.82 Å². The smallest absolute Gasteiger partial charge is 0.252 e. The Balaban J connectivity index is 0.00000225. The second-order valence-corrected chi connectivity index (χ2v) is 7.38. The molecule has 3 aromatic rings. The first-order chi connectivity index (χ1) is 13.3. The van der Waals surface area contributed by atoms with E-state index in [1.807, 2.05) is 32.0 Å². The zero-order valence-electron chi connectivity index (χ0n) is 17.6. The van der Waals surface area contributed by atoms with Crippen molar-refractivity contribution in [1.29, 1.82) is 0 Å². The summed E-state index contributed by atoms with van der Waals surface area (Å²) in [4.78, 5) is 16.8. The quantitative estimate of drug-likeness (QED) is 0.587. The monoisotopic (exact) mass is 449 g/mol. The van der Waals surface area contributed by atoms with Crippen LogP contribution in [0.1, 0.15) is 58.7 Å². The molecule has 1 amide bonds. The van der Waals surface area contributed by atoms with Crippen molar-refractivity contribution in [3.05, 3.63) is 76.7 Å². The third kappa shape index (κ3) is 6.05. The Kier molecular flexibility index (Phi) is 9.49. The fraction of sp³-hybridized carbons (Fsp3) is 0.318. The van der Waals surface area contributed by atoms with Crippen LogP contribution in [0.3, 0.4) is 0 Å². The number of rotatable bonds is 6. The summed E-state index contributed by atoms with van der Waals surface area (Å²) >= 11 is 0. The Labute approximate surface area is 190 Å². The number of amides is 1. The van der Waals surface area contributed by atoms with Gasteiger partial charge in [-0.1, -0.05) is 38.1 Å². The van der Waals surface area contributed by atoms with E-state index in [0.29, 0.717) is 23.8 Å². The normalized spacial score (nSPS) is 11.4. The van der Waals surface area contributed by atoms with E-state index in [4.69, 9.17) is 5.73 Å². The van der Waals surface area contributed by atoms with Crippen LogP contribution in [0.25, 0.3) is 5.82 Å². The summed E-state index contributed by atoms with van der Waals surface area (Å²) in [5, 5.41) is 7.29. The zero-order valence-corrected chi connectivity index (χ0v) is 19.3. The van der Waals surface area contributed by atoms with Gasteiger partial charge in [0.05, 0.1) is 11.3 Å². The summed E-state index contributed by atoms with van der Waals surface area (Å²) in [6.45, 7) is 8.58. The number of nitrogens with two attached hydrogens (primary N) is 1. The van der Waals surface area contributed by atoms with Gasteiger partial charge >= 0.3 is 0 Å². The highest BCUT2D eigenvalue weighted by molar-refractivity contribution is 5.93. The predicted molar refractivity (Wildman–Crippen MR) is 125 cm³/mol. The molecular weight excluding hydrogens is 421 g/mol. The maximum absolute atomic E-state index is 12.4. The SMILES string of the molecule is Cc1cc(C)n(-c2ccc(C(=O)NCC(N)c3ccc(C(C)C)cc3)cn2)n1.Cl.Cl. The van der Waals surface area contributed by atoms with E-state index in [9.17, 15) is 4.79 Å². The average Bonchev–Trinajstić information content (AvgIpc) is 3.04. The highest BCUT2D eigenvalue weighted by Crippen LogP contribution is 2.17. The maximum Gasteiger partial charge on any atom is 0.252 e. The molecule has 0 bridgehead atoms. The molecule has 1 atom stereocenters. The van der Waals surface area contributed by atoms with Gasteiger partial charge in [0.1, 0.15) is 0 Å². The largest absolute Gasteiger partial charge is 0.350 e. The van der Waals surface area contributed by atoms with Crippen LogP contribution < -0.4 is 11.1 Å². The highest BCUT2D eigenvalue weighted by atomic mass is 35.5. The molecule has 8 heteroatoms. The van der Waals surface area contributed by atoms with Crippen LogP contribution in [0.4, 0.5) is 0 Å². The molecule has 30 heavy (non-hydrogen) atoms. The molecule has 1 aromatic carbocycles. The van der Waals surface area contributed by atoms with Gasteiger partial charge in [-0.3, -0.25) is 4.79 Å². The van der Waals surface area contributed by atoms with E-state index in [1.54, 1.807) is 23.0 Å². The molecule has 2 heterocycles. The van der Waals surface area contributed by atoms with Crippen LogP contribution in [0.5, 0.6) is 0 Å². The van der Waals surface area contributed by atoms with E-state index in [-0.39, 0.29) is 36.8 Å². The van der Waals surface area contributed by atoms with Crippen molar-refractivity contribution in [3.8, 4) is 5.82 Å². The lowest BCUT2D eigenvalue weighted by molar-refractivity contribution is 0.0951. The van der Waals surface area contributed by atoms with Gasteiger partial charge in [0, 0.05) is 24.5 Å². The lowest BCUT2D eigenvalue weighted by atomic mass is 9.99. The minimum atomic E-state index is -0.257. The lowest BCUT2D eigenvalue weighted by Gasteiger charge is -2.14. The van der Waals surface area contributed by atoms with Crippen LogP contribution in [0.2, 0.25) is 0 Å². The maximum atomic E-state index is 12.4. The number of carbonyl (C=O) groups excluding carboxylic acids is 1. The molecule has 0 aliphatic carbocycles. The van der Waals surface area contributed by atoms with E-state index < -0.39 is 0 Å². The summed E-state index contributed by atoms with van der Waals surface area (Å²) in [6, 6.07) is 13.5. The van der Waals surface area contributed by atoms with Crippen molar-refractivity contribution >= 4 is 30.7 Å². The minimum absolute atomic E-state index is 0. The topological polar surface area (TPSA) is 85.8 Å². The predicted octanol–water partition coefficient (Wildman–Crippen LogP) is 4.28. The first-order valence-electron chi connectivity index (χ1n) is 9.48. The fourth-order valence-electron chi connectivity index (χ4n) is 3.06. The number of carbonyl (C=O) groups is 1. The fourth-order valence-corrected chi connectivity index (χ4v) is 3.06. The molecule has 162 valence electrons. The number of nitrogens with zero attached hydrogens (tertiary/aromatic N) is 3. The summed E-state index contributed by atoms with van der Waals surface area (Å²) < 4.78 is 1.76. The van der Waals surface area contributed by atoms with Gasteiger partial charge in [0.25, 0.3) is 5.91 Å². The van der Waals surface area contributed by atoms with Gasteiger partial charge < -0.3 is 11.1 Å². The van der Waals surface area contributed by atoms with Crippen LogP contribution in [0.15, 0.2) is 48.7 Å². The number of halogens is 2. The Morgan fingerprint density at radius 3 is 2.20 bits per heavy atom. The second-order valence-electron chi connectivity index (χ2n) is 7.38. The Morgan fingerprint density at radius 2 is 1.70 bits per heavy atom. The van der Waals surface area contributed by atoms with E-state index in [1.165, 1.54) is 5.56 Å². The molecule has 0 aliphatic rings. The van der Waals surface area contributed by atoms with E-state index in [0.717, 1.165) is 17.0 Å². The average molecular weight is 450 g/mol. The molecular formula is C22H29Cl2N5O. The highest BCUT2D eigenvalue weighted by Gasteiger charge is 2.12. The molecule has 3 rings (SSSR count). The van der Waals surface area contributed by atoms with E-state index in [2.05, 4.69) is 41.4 Å². The molecule has 6 nitrogen and oxygen atoms in total. The third-order valence-electron chi connectivity index (χ3n) is 4.75. The molecule has 0 spiro atoms. The van der Waals surface area contributed by atoms with Crippen LogP contribution in [-0.2, 0) is 0 Å². The van der Waals surface area contributed by atoms with Gasteiger partial charge in [0.2, 0.25) is 0 Å². The summed E-state index contributed by atoms with van der Waals surface area (Å²) in [5.74, 6) is 0.973. The molecule has 2 aromatic heterocycles. The number of benzene rings is 1. The molecule has 1 unspecified atom stereocenters. The first kappa shape index (κ1) is 25.6. The Hall–Kier alpha value is -2.41. The molecule has 0 saturated carbocycles.